The smallest absolute Gasteiger partial charge is 0.320 e. The summed E-state index contributed by atoms with van der Waals surface area (Å²) in [4.78, 5) is 12.7. The number of carboxylic acid groups (broad SMARTS) is 1. The highest BCUT2D eigenvalue weighted by Gasteiger charge is 2.19. The highest BCUT2D eigenvalue weighted by molar-refractivity contribution is 5.73. The molecule has 0 saturated carbocycles. The summed E-state index contributed by atoms with van der Waals surface area (Å²) in [6, 6.07) is 1.45. The first-order valence-corrected chi connectivity index (χ1v) is 5.05. The fraction of sp³-hybridized carbons (Fsp3) is 0.600. The number of nitrogens with zero attached hydrogens (tertiary/aromatic N) is 3. The maximum absolute atomic E-state index is 10.9. The lowest BCUT2D eigenvalue weighted by molar-refractivity contribution is -0.142. The molecule has 0 aliphatic heterocycles. The van der Waals surface area contributed by atoms with Gasteiger partial charge in [-0.3, -0.25) is 14.4 Å². The molecule has 1 aromatic heterocycles. The Bertz CT molecular complexity index is 298. The lowest BCUT2D eigenvalue weighted by atomic mass is 10.2. The monoisotopic (exact) mass is 211 g/mol. The largest absolute Gasteiger partial charge is 0.480 e. The Morgan fingerprint density at radius 3 is 2.87 bits per heavy atom. The predicted octanol–water partition coefficient (Wildman–Crippen LogP) is 0.678. The Balaban J connectivity index is 2.40. The summed E-state index contributed by atoms with van der Waals surface area (Å²) in [7, 11) is 1.83. The van der Waals surface area contributed by atoms with Crippen molar-refractivity contribution in [1.29, 1.82) is 0 Å². The molecule has 0 radical (unpaired) electrons. The van der Waals surface area contributed by atoms with Crippen molar-refractivity contribution in [3.05, 3.63) is 18.5 Å². The normalized spacial score (nSPS) is 13.0. The summed E-state index contributed by atoms with van der Waals surface area (Å²) in [6.45, 7) is 3.28. The SMILES string of the molecule is CC[C@@H](C(=O)O)N(C)CCn1cccn1. The summed E-state index contributed by atoms with van der Waals surface area (Å²) in [5, 5.41) is 13.0. The first kappa shape index (κ1) is 11.7. The number of aromatic nitrogens is 2. The first-order chi connectivity index (χ1) is 7.15. The van der Waals surface area contributed by atoms with Gasteiger partial charge < -0.3 is 5.11 Å². The van der Waals surface area contributed by atoms with Crippen LogP contribution in [0.3, 0.4) is 0 Å². The second-order valence-electron chi connectivity index (χ2n) is 3.51. The first-order valence-electron chi connectivity index (χ1n) is 5.05. The van der Waals surface area contributed by atoms with E-state index >= 15 is 0 Å². The van der Waals surface area contributed by atoms with E-state index in [1.807, 2.05) is 31.1 Å². The van der Waals surface area contributed by atoms with Crippen LogP contribution in [-0.2, 0) is 11.3 Å². The van der Waals surface area contributed by atoms with Crippen LogP contribution in [0.5, 0.6) is 0 Å². The molecule has 84 valence electrons. The molecule has 5 nitrogen and oxygen atoms in total. The van der Waals surface area contributed by atoms with E-state index in [1.54, 1.807) is 10.9 Å². The third kappa shape index (κ3) is 3.36. The molecule has 1 heterocycles. The second kappa shape index (κ2) is 5.50. The Morgan fingerprint density at radius 1 is 1.67 bits per heavy atom. The van der Waals surface area contributed by atoms with Crippen molar-refractivity contribution >= 4 is 5.97 Å². The molecule has 1 rings (SSSR count). The zero-order chi connectivity index (χ0) is 11.3. The molecule has 5 heteroatoms. The zero-order valence-corrected chi connectivity index (χ0v) is 9.13. The van der Waals surface area contributed by atoms with Crippen LogP contribution >= 0.6 is 0 Å². The van der Waals surface area contributed by atoms with Crippen molar-refractivity contribution < 1.29 is 9.90 Å². The third-order valence-corrected chi connectivity index (χ3v) is 2.44. The Hall–Kier alpha value is -1.36. The standard InChI is InChI=1S/C10H17N3O2/c1-3-9(10(14)15)12(2)7-8-13-6-4-5-11-13/h4-6,9H,3,7-8H2,1-2H3,(H,14,15)/t9-/m0/s1. The van der Waals surface area contributed by atoms with E-state index in [4.69, 9.17) is 5.11 Å². The fourth-order valence-electron chi connectivity index (χ4n) is 1.52. The second-order valence-corrected chi connectivity index (χ2v) is 3.51. The van der Waals surface area contributed by atoms with E-state index in [0.717, 1.165) is 0 Å². The molecule has 0 aromatic carbocycles. The minimum atomic E-state index is -0.763. The lowest BCUT2D eigenvalue weighted by Gasteiger charge is -2.23. The van der Waals surface area contributed by atoms with Gasteiger partial charge in [-0.05, 0) is 19.5 Å². The van der Waals surface area contributed by atoms with Gasteiger partial charge in [0.15, 0.2) is 0 Å². The summed E-state index contributed by atoms with van der Waals surface area (Å²) >= 11 is 0. The van der Waals surface area contributed by atoms with Gasteiger partial charge in [-0.1, -0.05) is 6.92 Å². The number of hydrogen-bond acceptors (Lipinski definition) is 3. The minimum Gasteiger partial charge on any atom is -0.480 e. The average Bonchev–Trinajstić information content (AvgIpc) is 2.67. The summed E-state index contributed by atoms with van der Waals surface area (Å²) in [5.74, 6) is -0.763. The van der Waals surface area contributed by atoms with Crippen LogP contribution in [0, 0.1) is 0 Å². The quantitative estimate of drug-likeness (QED) is 0.751. The molecule has 0 aliphatic rings. The van der Waals surface area contributed by atoms with Crippen LogP contribution in [0.25, 0.3) is 0 Å². The van der Waals surface area contributed by atoms with Gasteiger partial charge in [0.25, 0.3) is 0 Å². The molecule has 0 fully saturated rings. The number of carbonyl (C=O) groups is 1. The van der Waals surface area contributed by atoms with E-state index in [9.17, 15) is 4.79 Å². The lowest BCUT2D eigenvalue weighted by Crippen LogP contribution is -2.39. The number of carboxylic acids is 1. The zero-order valence-electron chi connectivity index (χ0n) is 9.13. The molecular formula is C10H17N3O2. The van der Waals surface area contributed by atoms with Gasteiger partial charge in [-0.15, -0.1) is 0 Å². The highest BCUT2D eigenvalue weighted by Crippen LogP contribution is 2.01. The number of likely N-dealkylation sites (N-methyl/N-ethyl adjacent to an activating group) is 1. The van der Waals surface area contributed by atoms with Gasteiger partial charge in [-0.25, -0.2) is 0 Å². The van der Waals surface area contributed by atoms with Crippen LogP contribution in [0.1, 0.15) is 13.3 Å². The van der Waals surface area contributed by atoms with E-state index in [0.29, 0.717) is 19.5 Å². The Labute approximate surface area is 89.3 Å². The number of aliphatic carboxylic acids is 1. The van der Waals surface area contributed by atoms with Crippen LogP contribution in [0.15, 0.2) is 18.5 Å². The summed E-state index contributed by atoms with van der Waals surface area (Å²) in [5.41, 5.74) is 0. The van der Waals surface area contributed by atoms with Crippen molar-refractivity contribution in [2.24, 2.45) is 0 Å². The van der Waals surface area contributed by atoms with Crippen molar-refractivity contribution in [2.45, 2.75) is 25.9 Å². The Morgan fingerprint density at radius 2 is 2.40 bits per heavy atom. The molecule has 1 N–H and O–H groups in total. The molecule has 0 saturated heterocycles. The number of rotatable bonds is 6. The van der Waals surface area contributed by atoms with E-state index < -0.39 is 12.0 Å². The summed E-state index contributed by atoms with van der Waals surface area (Å²) < 4.78 is 1.80. The maximum Gasteiger partial charge on any atom is 0.320 e. The maximum atomic E-state index is 10.9. The van der Waals surface area contributed by atoms with Gasteiger partial charge in [0.2, 0.25) is 0 Å². The number of hydrogen-bond donors (Lipinski definition) is 1. The predicted molar refractivity (Wildman–Crippen MR) is 56.6 cm³/mol. The minimum absolute atomic E-state index is 0.402. The van der Waals surface area contributed by atoms with E-state index in [2.05, 4.69) is 5.10 Å². The van der Waals surface area contributed by atoms with Crippen LogP contribution < -0.4 is 0 Å². The van der Waals surface area contributed by atoms with Gasteiger partial charge in [0.05, 0.1) is 6.54 Å². The van der Waals surface area contributed by atoms with Gasteiger partial charge in [-0.2, -0.15) is 5.10 Å². The molecule has 15 heavy (non-hydrogen) atoms. The van der Waals surface area contributed by atoms with E-state index in [1.165, 1.54) is 0 Å². The van der Waals surface area contributed by atoms with Gasteiger partial charge in [0, 0.05) is 18.9 Å². The molecular weight excluding hydrogens is 194 g/mol. The Kier molecular flexibility index (Phi) is 4.30. The van der Waals surface area contributed by atoms with Crippen molar-refractivity contribution in [3.8, 4) is 0 Å². The van der Waals surface area contributed by atoms with Crippen LogP contribution in [0.2, 0.25) is 0 Å². The van der Waals surface area contributed by atoms with Gasteiger partial charge >= 0.3 is 5.97 Å². The van der Waals surface area contributed by atoms with Crippen LogP contribution in [-0.4, -0.2) is 45.4 Å². The fourth-order valence-corrected chi connectivity index (χ4v) is 1.52. The van der Waals surface area contributed by atoms with Crippen molar-refractivity contribution in [2.75, 3.05) is 13.6 Å². The van der Waals surface area contributed by atoms with E-state index in [-0.39, 0.29) is 0 Å². The molecule has 1 atom stereocenters. The average molecular weight is 211 g/mol. The summed E-state index contributed by atoms with van der Waals surface area (Å²) in [6.07, 6.45) is 4.20. The van der Waals surface area contributed by atoms with Crippen molar-refractivity contribution in [1.82, 2.24) is 14.7 Å². The topological polar surface area (TPSA) is 58.4 Å². The molecule has 1 aromatic rings. The van der Waals surface area contributed by atoms with Crippen LogP contribution in [0.4, 0.5) is 0 Å². The molecule has 0 unspecified atom stereocenters. The third-order valence-electron chi connectivity index (χ3n) is 2.44. The molecule has 0 bridgehead atoms. The molecule has 0 spiro atoms. The van der Waals surface area contributed by atoms with Crippen molar-refractivity contribution in [3.63, 3.8) is 0 Å². The highest BCUT2D eigenvalue weighted by atomic mass is 16.4. The molecule has 0 aliphatic carbocycles. The van der Waals surface area contributed by atoms with Gasteiger partial charge in [0.1, 0.15) is 6.04 Å². The molecule has 0 amide bonds.